The van der Waals surface area contributed by atoms with Crippen molar-refractivity contribution in [2.75, 3.05) is 5.32 Å². The van der Waals surface area contributed by atoms with E-state index in [2.05, 4.69) is 5.32 Å². The van der Waals surface area contributed by atoms with Gasteiger partial charge in [0, 0.05) is 11.7 Å². The highest BCUT2D eigenvalue weighted by Crippen LogP contribution is 2.14. The number of hydrogen-bond donors (Lipinski definition) is 1. The van der Waals surface area contributed by atoms with E-state index in [4.69, 9.17) is 0 Å². The molecule has 0 saturated heterocycles. The number of rotatable bonds is 5. The van der Waals surface area contributed by atoms with Gasteiger partial charge in [0.25, 0.3) is 5.56 Å². The number of carbonyl (C=O) groups is 1. The molecule has 0 aliphatic heterocycles. The molecule has 0 aliphatic rings. The van der Waals surface area contributed by atoms with Crippen LogP contribution in [0.1, 0.15) is 31.9 Å². The van der Waals surface area contributed by atoms with E-state index in [9.17, 15) is 18.8 Å². The first-order chi connectivity index (χ1) is 13.3. The van der Waals surface area contributed by atoms with Crippen molar-refractivity contribution in [1.82, 2.24) is 9.13 Å². The summed E-state index contributed by atoms with van der Waals surface area (Å²) in [6.07, 6.45) is 0.600. The molecule has 0 fully saturated rings. The zero-order valence-electron chi connectivity index (χ0n) is 16.0. The van der Waals surface area contributed by atoms with Gasteiger partial charge in [-0.1, -0.05) is 25.1 Å². The first-order valence-electron chi connectivity index (χ1n) is 9.13. The van der Waals surface area contributed by atoms with Crippen LogP contribution in [0, 0.1) is 12.7 Å². The molecule has 2 aromatic carbocycles. The van der Waals surface area contributed by atoms with Crippen molar-refractivity contribution < 1.29 is 9.18 Å². The van der Waals surface area contributed by atoms with Crippen LogP contribution in [0.2, 0.25) is 0 Å². The second-order valence-corrected chi connectivity index (χ2v) is 6.83. The highest BCUT2D eigenvalue weighted by molar-refractivity contribution is 5.91. The molecule has 0 radical (unpaired) electrons. The molecule has 1 atom stereocenters. The van der Waals surface area contributed by atoms with Crippen LogP contribution in [-0.4, -0.2) is 15.0 Å². The molecule has 1 N–H and O–H groups in total. The van der Waals surface area contributed by atoms with Crippen LogP contribution in [0.25, 0.3) is 10.9 Å². The molecule has 0 bridgehead atoms. The highest BCUT2D eigenvalue weighted by atomic mass is 19.1. The summed E-state index contributed by atoms with van der Waals surface area (Å²) in [6, 6.07) is 10.8. The maximum atomic E-state index is 13.7. The van der Waals surface area contributed by atoms with Gasteiger partial charge in [-0.25, -0.2) is 9.18 Å². The van der Waals surface area contributed by atoms with Gasteiger partial charge in [0.15, 0.2) is 0 Å². The molecular formula is C21H22FN3O3. The number of fused-ring (bicyclic) bond motifs is 1. The maximum absolute atomic E-state index is 13.7. The number of amides is 1. The molecule has 146 valence electrons. The van der Waals surface area contributed by atoms with Gasteiger partial charge in [-0.05, 0) is 50.1 Å². The van der Waals surface area contributed by atoms with Crippen molar-refractivity contribution in [2.24, 2.45) is 0 Å². The van der Waals surface area contributed by atoms with Crippen molar-refractivity contribution >= 4 is 22.5 Å². The van der Waals surface area contributed by atoms with E-state index in [0.29, 0.717) is 28.6 Å². The van der Waals surface area contributed by atoms with Gasteiger partial charge in [-0.2, -0.15) is 0 Å². The van der Waals surface area contributed by atoms with Gasteiger partial charge < -0.3 is 5.32 Å². The SMILES string of the molecule is CC[C@H](C)n1c(=O)c2ccccc2n(CC(=O)Nc2ccc(C)c(F)c2)c1=O. The average Bonchev–Trinajstić information content (AvgIpc) is 2.68. The van der Waals surface area contributed by atoms with Crippen LogP contribution in [0.4, 0.5) is 10.1 Å². The summed E-state index contributed by atoms with van der Waals surface area (Å²) in [5, 5.41) is 2.97. The van der Waals surface area contributed by atoms with Crippen LogP contribution < -0.4 is 16.6 Å². The Balaban J connectivity index is 2.04. The maximum Gasteiger partial charge on any atom is 0.332 e. The number of hydrogen-bond acceptors (Lipinski definition) is 3. The van der Waals surface area contributed by atoms with Crippen molar-refractivity contribution in [2.45, 2.75) is 39.8 Å². The minimum absolute atomic E-state index is 0.286. The fourth-order valence-electron chi connectivity index (χ4n) is 3.08. The Labute approximate surface area is 161 Å². The van der Waals surface area contributed by atoms with Gasteiger partial charge in [0.05, 0.1) is 10.9 Å². The fraction of sp³-hybridized carbons (Fsp3) is 0.286. The van der Waals surface area contributed by atoms with Gasteiger partial charge >= 0.3 is 5.69 Å². The predicted octanol–water partition coefficient (Wildman–Crippen LogP) is 3.22. The topological polar surface area (TPSA) is 73.1 Å². The lowest BCUT2D eigenvalue weighted by atomic mass is 10.2. The molecule has 28 heavy (non-hydrogen) atoms. The Morgan fingerprint density at radius 2 is 1.89 bits per heavy atom. The summed E-state index contributed by atoms with van der Waals surface area (Å²) in [5.41, 5.74) is 0.263. The Morgan fingerprint density at radius 1 is 1.18 bits per heavy atom. The van der Waals surface area contributed by atoms with Crippen molar-refractivity contribution in [3.8, 4) is 0 Å². The Kier molecular flexibility index (Phi) is 5.44. The van der Waals surface area contributed by atoms with E-state index >= 15 is 0 Å². The summed E-state index contributed by atoms with van der Waals surface area (Å²) in [5.74, 6) is -0.907. The monoisotopic (exact) mass is 383 g/mol. The molecule has 0 aliphatic carbocycles. The van der Waals surface area contributed by atoms with Crippen LogP contribution in [0.15, 0.2) is 52.1 Å². The Morgan fingerprint density at radius 3 is 2.57 bits per heavy atom. The predicted molar refractivity (Wildman–Crippen MR) is 107 cm³/mol. The number of halogens is 1. The summed E-state index contributed by atoms with van der Waals surface area (Å²) in [4.78, 5) is 38.3. The second-order valence-electron chi connectivity index (χ2n) is 6.83. The van der Waals surface area contributed by atoms with Gasteiger partial charge in [-0.15, -0.1) is 0 Å². The summed E-state index contributed by atoms with van der Waals surface area (Å²) in [6.45, 7) is 5.02. The number of aryl methyl sites for hydroxylation is 1. The van der Waals surface area contributed by atoms with Gasteiger partial charge in [0.1, 0.15) is 12.4 Å². The molecule has 0 saturated carbocycles. The number of para-hydroxylation sites is 1. The molecule has 6 nitrogen and oxygen atoms in total. The number of nitrogens with zero attached hydrogens (tertiary/aromatic N) is 2. The number of anilines is 1. The average molecular weight is 383 g/mol. The summed E-state index contributed by atoms with van der Waals surface area (Å²) < 4.78 is 16.2. The van der Waals surface area contributed by atoms with Gasteiger partial charge in [0.2, 0.25) is 5.91 Å². The quantitative estimate of drug-likeness (QED) is 0.735. The third-order valence-corrected chi connectivity index (χ3v) is 4.87. The van der Waals surface area contributed by atoms with E-state index in [1.807, 2.05) is 6.92 Å². The third-order valence-electron chi connectivity index (χ3n) is 4.87. The summed E-state index contributed by atoms with van der Waals surface area (Å²) >= 11 is 0. The van der Waals surface area contributed by atoms with Crippen molar-refractivity contribution in [3.63, 3.8) is 0 Å². The lowest BCUT2D eigenvalue weighted by Gasteiger charge is -2.17. The molecule has 3 rings (SSSR count). The molecule has 1 amide bonds. The minimum Gasteiger partial charge on any atom is -0.324 e. The number of nitrogens with one attached hydrogen (secondary N) is 1. The lowest BCUT2D eigenvalue weighted by Crippen LogP contribution is -2.43. The van der Waals surface area contributed by atoms with Crippen LogP contribution >= 0.6 is 0 Å². The molecule has 0 unspecified atom stereocenters. The van der Waals surface area contributed by atoms with Crippen LogP contribution in [-0.2, 0) is 11.3 Å². The van der Waals surface area contributed by atoms with E-state index in [1.54, 1.807) is 50.2 Å². The molecule has 1 aromatic heterocycles. The molecule has 3 aromatic rings. The first-order valence-corrected chi connectivity index (χ1v) is 9.13. The van der Waals surface area contributed by atoms with E-state index < -0.39 is 17.4 Å². The van der Waals surface area contributed by atoms with Crippen LogP contribution in [0.5, 0.6) is 0 Å². The smallest absolute Gasteiger partial charge is 0.324 e. The number of benzene rings is 2. The molecule has 1 heterocycles. The zero-order valence-corrected chi connectivity index (χ0v) is 16.0. The normalized spacial score (nSPS) is 12.1. The Bertz CT molecular complexity index is 1160. The lowest BCUT2D eigenvalue weighted by molar-refractivity contribution is -0.116. The van der Waals surface area contributed by atoms with Crippen LogP contribution in [0.3, 0.4) is 0 Å². The largest absolute Gasteiger partial charge is 0.332 e. The second kappa shape index (κ2) is 7.80. The first kappa shape index (κ1) is 19.5. The fourth-order valence-corrected chi connectivity index (χ4v) is 3.08. The molecule has 0 spiro atoms. The minimum atomic E-state index is -0.539. The van der Waals surface area contributed by atoms with Crippen molar-refractivity contribution in [1.29, 1.82) is 0 Å². The van der Waals surface area contributed by atoms with E-state index in [-0.39, 0.29) is 18.1 Å². The number of aromatic nitrogens is 2. The highest BCUT2D eigenvalue weighted by Gasteiger charge is 2.18. The Hall–Kier alpha value is -3.22. The van der Waals surface area contributed by atoms with E-state index in [0.717, 1.165) is 0 Å². The van der Waals surface area contributed by atoms with Crippen molar-refractivity contribution in [3.05, 3.63) is 74.7 Å². The summed E-state index contributed by atoms with van der Waals surface area (Å²) in [7, 11) is 0. The van der Waals surface area contributed by atoms with Gasteiger partial charge in [-0.3, -0.25) is 18.7 Å². The van der Waals surface area contributed by atoms with E-state index in [1.165, 1.54) is 15.2 Å². The third kappa shape index (κ3) is 3.60. The molecular weight excluding hydrogens is 361 g/mol. The molecule has 7 heteroatoms. The standard InChI is InChI=1S/C21H22FN3O3/c1-4-14(3)25-20(27)16-7-5-6-8-18(16)24(21(25)28)12-19(26)23-15-10-9-13(2)17(22)11-15/h5-11,14H,4,12H2,1-3H3,(H,23,26)/t14-/m0/s1. The number of carbonyl (C=O) groups excluding carboxylic acids is 1. The zero-order chi connectivity index (χ0) is 20.4.